The van der Waals surface area contributed by atoms with Gasteiger partial charge in [-0.1, -0.05) is 6.92 Å². The first-order valence-corrected chi connectivity index (χ1v) is 4.59. The Balaban J connectivity index is 2.06. The van der Waals surface area contributed by atoms with E-state index in [-0.39, 0.29) is 5.60 Å². The first-order chi connectivity index (χ1) is 5.14. The van der Waals surface area contributed by atoms with Gasteiger partial charge in [0.25, 0.3) is 0 Å². The molecule has 2 heterocycles. The summed E-state index contributed by atoms with van der Waals surface area (Å²) >= 11 is 0. The summed E-state index contributed by atoms with van der Waals surface area (Å²) in [6, 6.07) is 1.31. The number of nitrogens with zero attached hydrogens (tertiary/aromatic N) is 1. The minimum absolute atomic E-state index is 0.266. The van der Waals surface area contributed by atoms with Crippen molar-refractivity contribution in [1.82, 2.24) is 4.90 Å². The highest BCUT2D eigenvalue weighted by molar-refractivity contribution is 5.06. The molecular weight excluding hydrogens is 138 g/mol. The largest absolute Gasteiger partial charge is 0.390 e. The molecule has 2 heteroatoms. The highest BCUT2D eigenvalue weighted by Crippen LogP contribution is 2.45. The lowest BCUT2D eigenvalue weighted by atomic mass is 9.66. The summed E-state index contributed by atoms with van der Waals surface area (Å²) in [7, 11) is 2.19. The van der Waals surface area contributed by atoms with Gasteiger partial charge in [-0.2, -0.15) is 0 Å². The van der Waals surface area contributed by atoms with Crippen LogP contribution >= 0.6 is 0 Å². The summed E-state index contributed by atoms with van der Waals surface area (Å²) in [4.78, 5) is 2.44. The molecule has 0 aromatic carbocycles. The molecule has 64 valence electrons. The zero-order chi connectivity index (χ0) is 8.06. The third kappa shape index (κ3) is 1.00. The van der Waals surface area contributed by atoms with Crippen LogP contribution in [0.15, 0.2) is 0 Å². The molecular formula is C9H17NO. The van der Waals surface area contributed by atoms with Crippen LogP contribution in [-0.2, 0) is 0 Å². The monoisotopic (exact) mass is 155 g/mol. The average Bonchev–Trinajstić information content (AvgIpc) is 1.92. The minimum Gasteiger partial charge on any atom is -0.390 e. The van der Waals surface area contributed by atoms with Crippen molar-refractivity contribution < 1.29 is 5.11 Å². The molecule has 3 rings (SSSR count). The second-order valence-electron chi connectivity index (χ2n) is 4.22. The standard InChI is InChI=1S/C9H17NO/c1-3-7-4-9(11)5-8(6-9)10(7)2/h7-8,11H,3-6H2,1-2H3. The molecule has 0 radical (unpaired) electrons. The minimum atomic E-state index is -0.266. The number of rotatable bonds is 1. The molecule has 1 aliphatic carbocycles. The Labute approximate surface area is 68.2 Å². The van der Waals surface area contributed by atoms with E-state index >= 15 is 0 Å². The van der Waals surface area contributed by atoms with Crippen LogP contribution in [0.5, 0.6) is 0 Å². The Bertz CT molecular complexity index is 163. The molecule has 1 unspecified atom stereocenters. The fourth-order valence-corrected chi connectivity index (χ4v) is 2.59. The van der Waals surface area contributed by atoms with Crippen molar-refractivity contribution in [3.05, 3.63) is 0 Å². The molecule has 3 aliphatic rings. The molecule has 0 aromatic rings. The van der Waals surface area contributed by atoms with E-state index in [0.717, 1.165) is 19.3 Å². The smallest absolute Gasteiger partial charge is 0.0692 e. The number of hydrogen-bond donors (Lipinski definition) is 1. The summed E-state index contributed by atoms with van der Waals surface area (Å²) in [5.41, 5.74) is -0.266. The molecule has 1 atom stereocenters. The Morgan fingerprint density at radius 3 is 2.55 bits per heavy atom. The molecule has 1 N–H and O–H groups in total. The molecule has 1 saturated carbocycles. The predicted octanol–water partition coefficient (Wildman–Crippen LogP) is 0.994. The quantitative estimate of drug-likeness (QED) is 0.610. The van der Waals surface area contributed by atoms with E-state index in [4.69, 9.17) is 0 Å². The highest BCUT2D eigenvalue weighted by Gasteiger charge is 2.51. The van der Waals surface area contributed by atoms with Gasteiger partial charge >= 0.3 is 0 Å². The van der Waals surface area contributed by atoms with Gasteiger partial charge in [-0.25, -0.2) is 0 Å². The first-order valence-electron chi connectivity index (χ1n) is 4.59. The van der Waals surface area contributed by atoms with Crippen molar-refractivity contribution in [1.29, 1.82) is 0 Å². The SMILES string of the molecule is CCC1CC2(O)CC(C2)N1C. The number of hydrogen-bond acceptors (Lipinski definition) is 2. The van der Waals surface area contributed by atoms with E-state index in [1.807, 2.05) is 0 Å². The van der Waals surface area contributed by atoms with E-state index in [0.29, 0.717) is 12.1 Å². The molecule has 0 aromatic heterocycles. The van der Waals surface area contributed by atoms with Crippen molar-refractivity contribution in [3.8, 4) is 0 Å². The van der Waals surface area contributed by atoms with Gasteiger partial charge < -0.3 is 10.0 Å². The second kappa shape index (κ2) is 2.20. The molecule has 3 fully saturated rings. The molecule has 2 aliphatic heterocycles. The zero-order valence-electron chi connectivity index (χ0n) is 7.38. The van der Waals surface area contributed by atoms with Gasteiger partial charge in [0.15, 0.2) is 0 Å². The lowest BCUT2D eigenvalue weighted by molar-refractivity contribution is -0.155. The van der Waals surface area contributed by atoms with Gasteiger partial charge in [-0.15, -0.1) is 0 Å². The summed E-state index contributed by atoms with van der Waals surface area (Å²) in [5.74, 6) is 0. The van der Waals surface area contributed by atoms with Gasteiger partial charge in [-0.05, 0) is 32.7 Å². The normalized spacial score (nSPS) is 50.5. The van der Waals surface area contributed by atoms with E-state index in [1.165, 1.54) is 6.42 Å². The van der Waals surface area contributed by atoms with Gasteiger partial charge in [-0.3, -0.25) is 0 Å². The van der Waals surface area contributed by atoms with E-state index in [1.54, 1.807) is 0 Å². The van der Waals surface area contributed by atoms with Crippen LogP contribution in [0.4, 0.5) is 0 Å². The summed E-state index contributed by atoms with van der Waals surface area (Å²) < 4.78 is 0. The Kier molecular flexibility index (Phi) is 1.52. The summed E-state index contributed by atoms with van der Waals surface area (Å²) in [5, 5.41) is 9.83. The van der Waals surface area contributed by atoms with E-state index < -0.39 is 0 Å². The average molecular weight is 155 g/mol. The van der Waals surface area contributed by atoms with Crippen LogP contribution in [0.3, 0.4) is 0 Å². The van der Waals surface area contributed by atoms with Gasteiger partial charge in [0, 0.05) is 12.1 Å². The van der Waals surface area contributed by atoms with E-state index in [2.05, 4.69) is 18.9 Å². The lowest BCUT2D eigenvalue weighted by Gasteiger charge is -2.57. The first kappa shape index (κ1) is 7.56. The Morgan fingerprint density at radius 1 is 1.45 bits per heavy atom. The van der Waals surface area contributed by atoms with Crippen LogP contribution in [0.25, 0.3) is 0 Å². The second-order valence-corrected chi connectivity index (χ2v) is 4.22. The van der Waals surface area contributed by atoms with Crippen molar-refractivity contribution in [2.45, 2.75) is 50.3 Å². The zero-order valence-corrected chi connectivity index (χ0v) is 7.38. The molecule has 0 amide bonds. The van der Waals surface area contributed by atoms with Crippen LogP contribution in [0.1, 0.15) is 32.6 Å². The van der Waals surface area contributed by atoms with Gasteiger partial charge in [0.2, 0.25) is 0 Å². The predicted molar refractivity (Wildman–Crippen MR) is 44.4 cm³/mol. The van der Waals surface area contributed by atoms with Crippen molar-refractivity contribution in [3.63, 3.8) is 0 Å². The van der Waals surface area contributed by atoms with Crippen LogP contribution in [-0.4, -0.2) is 34.7 Å². The van der Waals surface area contributed by atoms with E-state index in [9.17, 15) is 5.11 Å². The Hall–Kier alpha value is -0.0800. The van der Waals surface area contributed by atoms with Crippen molar-refractivity contribution in [2.24, 2.45) is 0 Å². The number of aliphatic hydroxyl groups is 1. The maximum atomic E-state index is 9.83. The summed E-state index contributed by atoms with van der Waals surface area (Å²) in [6.07, 6.45) is 4.20. The fraction of sp³-hybridized carbons (Fsp3) is 1.00. The summed E-state index contributed by atoms with van der Waals surface area (Å²) in [6.45, 7) is 2.20. The van der Waals surface area contributed by atoms with Gasteiger partial charge in [0.1, 0.15) is 0 Å². The van der Waals surface area contributed by atoms with Crippen LogP contribution in [0, 0.1) is 0 Å². The lowest BCUT2D eigenvalue weighted by Crippen LogP contribution is -2.64. The number of fused-ring (bicyclic) bond motifs is 2. The van der Waals surface area contributed by atoms with Crippen molar-refractivity contribution in [2.75, 3.05) is 7.05 Å². The van der Waals surface area contributed by atoms with Crippen LogP contribution < -0.4 is 0 Å². The molecule has 2 bridgehead atoms. The van der Waals surface area contributed by atoms with Crippen LogP contribution in [0.2, 0.25) is 0 Å². The Morgan fingerprint density at radius 2 is 2.09 bits per heavy atom. The molecule has 2 saturated heterocycles. The maximum Gasteiger partial charge on any atom is 0.0692 e. The third-order valence-corrected chi connectivity index (χ3v) is 3.47. The third-order valence-electron chi connectivity index (χ3n) is 3.47. The maximum absolute atomic E-state index is 9.83. The fourth-order valence-electron chi connectivity index (χ4n) is 2.59. The van der Waals surface area contributed by atoms with Gasteiger partial charge in [0.05, 0.1) is 5.60 Å². The number of piperidine rings is 2. The highest BCUT2D eigenvalue weighted by atomic mass is 16.3. The topological polar surface area (TPSA) is 23.5 Å². The van der Waals surface area contributed by atoms with Crippen molar-refractivity contribution >= 4 is 0 Å². The molecule has 0 spiro atoms. The molecule has 2 nitrogen and oxygen atoms in total. The molecule has 11 heavy (non-hydrogen) atoms.